The maximum absolute atomic E-state index is 2.42. The molecule has 1 fully saturated rings. The van der Waals surface area contributed by atoms with Crippen LogP contribution in [0, 0.1) is 23.7 Å². The van der Waals surface area contributed by atoms with Gasteiger partial charge in [-0.2, -0.15) is 0 Å². The highest BCUT2D eigenvalue weighted by molar-refractivity contribution is 4.77. The summed E-state index contributed by atoms with van der Waals surface area (Å²) in [4.78, 5) is 0. The minimum absolute atomic E-state index is 1.02. The van der Waals surface area contributed by atoms with E-state index in [1.807, 2.05) is 0 Å². The van der Waals surface area contributed by atoms with E-state index in [1.54, 1.807) is 19.3 Å². The van der Waals surface area contributed by atoms with Gasteiger partial charge in [-0.3, -0.25) is 0 Å². The van der Waals surface area contributed by atoms with E-state index in [9.17, 15) is 0 Å². The summed E-state index contributed by atoms with van der Waals surface area (Å²) in [5, 5.41) is 0. The molecule has 0 aromatic rings. The number of unbranched alkanes of at least 4 members (excludes halogenated alkanes) is 2. The Kier molecular flexibility index (Phi) is 11.3. The molecule has 0 aliphatic heterocycles. The molecule has 1 aliphatic carbocycles. The molecule has 1 rings (SSSR count). The third-order valence-electron chi connectivity index (χ3n) is 6.31. The van der Waals surface area contributed by atoms with Crippen LogP contribution >= 0.6 is 0 Å². The summed E-state index contributed by atoms with van der Waals surface area (Å²) < 4.78 is 0. The molecule has 0 unspecified atom stereocenters. The summed E-state index contributed by atoms with van der Waals surface area (Å²) in [5.41, 5.74) is 0. The van der Waals surface area contributed by atoms with Crippen molar-refractivity contribution in [3.05, 3.63) is 0 Å². The highest BCUT2D eigenvalue weighted by Gasteiger charge is 2.25. The lowest BCUT2D eigenvalue weighted by atomic mass is 9.73. The van der Waals surface area contributed by atoms with E-state index in [-0.39, 0.29) is 0 Å². The van der Waals surface area contributed by atoms with Crippen molar-refractivity contribution in [2.45, 2.75) is 118 Å². The van der Waals surface area contributed by atoms with Crippen molar-refractivity contribution in [1.82, 2.24) is 0 Å². The second-order valence-corrected chi connectivity index (χ2v) is 8.20. The first-order valence-electron chi connectivity index (χ1n) is 10.7. The van der Waals surface area contributed by atoms with E-state index in [2.05, 4.69) is 27.7 Å². The Hall–Kier alpha value is 0. The lowest BCUT2D eigenvalue weighted by Gasteiger charge is -2.33. The maximum atomic E-state index is 2.42. The molecule has 1 saturated carbocycles. The highest BCUT2D eigenvalue weighted by atomic mass is 14.3. The Morgan fingerprint density at radius 3 is 1.55 bits per heavy atom. The summed E-state index contributed by atoms with van der Waals surface area (Å²) in [5.74, 6) is 4.16. The average molecular weight is 309 g/mol. The van der Waals surface area contributed by atoms with Crippen molar-refractivity contribution in [3.63, 3.8) is 0 Å². The molecule has 0 radical (unpaired) electrons. The normalized spacial score (nSPS) is 25.1. The van der Waals surface area contributed by atoms with Gasteiger partial charge in [0.2, 0.25) is 0 Å². The van der Waals surface area contributed by atoms with Gasteiger partial charge in [-0.05, 0) is 42.9 Å². The molecule has 0 heterocycles. The van der Waals surface area contributed by atoms with Crippen molar-refractivity contribution in [1.29, 1.82) is 0 Å². The monoisotopic (exact) mass is 308 g/mol. The van der Waals surface area contributed by atoms with Crippen molar-refractivity contribution < 1.29 is 0 Å². The van der Waals surface area contributed by atoms with E-state index in [1.165, 1.54) is 70.6 Å². The molecule has 0 spiro atoms. The highest BCUT2D eigenvalue weighted by Crippen LogP contribution is 2.38. The summed E-state index contributed by atoms with van der Waals surface area (Å²) in [6.07, 6.45) is 20.7. The third-order valence-corrected chi connectivity index (χ3v) is 6.31. The van der Waals surface area contributed by atoms with Gasteiger partial charge in [-0.15, -0.1) is 0 Å². The van der Waals surface area contributed by atoms with Crippen molar-refractivity contribution in [2.24, 2.45) is 23.7 Å². The molecule has 0 nitrogen and oxygen atoms in total. The molecule has 0 saturated heterocycles. The zero-order valence-corrected chi connectivity index (χ0v) is 16.2. The van der Waals surface area contributed by atoms with Crippen LogP contribution in [0.15, 0.2) is 0 Å². The van der Waals surface area contributed by atoms with E-state index >= 15 is 0 Å². The van der Waals surface area contributed by atoms with Crippen LogP contribution in [0.2, 0.25) is 0 Å². The fourth-order valence-electron chi connectivity index (χ4n) is 4.74. The standard InChI is InChI=1S/C22H44/c1-5-9-12-19(7-3)16-21-14-11-15-22(18-21)17-20(8-4)13-10-6-2/h19-22H,5-18H2,1-4H3/t19-,20-,21-,22+/m0/s1. The smallest absolute Gasteiger partial charge is 0.0409 e. The van der Waals surface area contributed by atoms with Gasteiger partial charge in [0.1, 0.15) is 0 Å². The summed E-state index contributed by atoms with van der Waals surface area (Å²) in [7, 11) is 0. The second-order valence-electron chi connectivity index (χ2n) is 8.20. The van der Waals surface area contributed by atoms with Gasteiger partial charge < -0.3 is 0 Å². The lowest BCUT2D eigenvalue weighted by molar-refractivity contribution is 0.189. The largest absolute Gasteiger partial charge is 0.0654 e. The van der Waals surface area contributed by atoms with Gasteiger partial charge in [0, 0.05) is 0 Å². The molecule has 0 aromatic carbocycles. The molecule has 22 heavy (non-hydrogen) atoms. The van der Waals surface area contributed by atoms with Gasteiger partial charge >= 0.3 is 0 Å². The molecule has 1 aliphatic rings. The fourth-order valence-corrected chi connectivity index (χ4v) is 4.74. The molecular formula is C22H44. The molecule has 0 bridgehead atoms. The Bertz CT molecular complexity index is 220. The molecule has 132 valence electrons. The first kappa shape index (κ1) is 20.0. The molecule has 0 heteroatoms. The fraction of sp³-hybridized carbons (Fsp3) is 1.00. The van der Waals surface area contributed by atoms with Crippen molar-refractivity contribution in [3.8, 4) is 0 Å². The van der Waals surface area contributed by atoms with Crippen molar-refractivity contribution >= 4 is 0 Å². The summed E-state index contributed by atoms with van der Waals surface area (Å²) >= 11 is 0. The zero-order valence-electron chi connectivity index (χ0n) is 16.2. The van der Waals surface area contributed by atoms with Crippen LogP contribution in [0.5, 0.6) is 0 Å². The predicted molar refractivity (Wildman–Crippen MR) is 101 cm³/mol. The van der Waals surface area contributed by atoms with Crippen LogP contribution in [0.3, 0.4) is 0 Å². The van der Waals surface area contributed by atoms with E-state index < -0.39 is 0 Å². The minimum atomic E-state index is 1.02. The Labute approximate surface area is 141 Å². The summed E-state index contributed by atoms with van der Waals surface area (Å²) in [6, 6.07) is 0. The van der Waals surface area contributed by atoms with E-state index in [0.29, 0.717) is 0 Å². The van der Waals surface area contributed by atoms with Crippen LogP contribution in [-0.4, -0.2) is 0 Å². The Morgan fingerprint density at radius 1 is 0.727 bits per heavy atom. The zero-order chi connectivity index (χ0) is 16.2. The minimum Gasteiger partial charge on any atom is -0.0654 e. The maximum Gasteiger partial charge on any atom is -0.0409 e. The molecular weight excluding hydrogens is 264 g/mol. The lowest BCUT2D eigenvalue weighted by Crippen LogP contribution is -2.20. The predicted octanol–water partition coefficient (Wildman–Crippen LogP) is 8.01. The first-order valence-corrected chi connectivity index (χ1v) is 10.7. The number of rotatable bonds is 12. The third kappa shape index (κ3) is 8.02. The van der Waals surface area contributed by atoms with Crippen LogP contribution in [0.25, 0.3) is 0 Å². The Morgan fingerprint density at radius 2 is 1.18 bits per heavy atom. The van der Waals surface area contributed by atoms with Gasteiger partial charge in [0.05, 0.1) is 0 Å². The molecule has 0 aromatic heterocycles. The van der Waals surface area contributed by atoms with Gasteiger partial charge in [-0.1, -0.05) is 98.3 Å². The van der Waals surface area contributed by atoms with Gasteiger partial charge in [-0.25, -0.2) is 0 Å². The topological polar surface area (TPSA) is 0 Å². The van der Waals surface area contributed by atoms with Crippen LogP contribution < -0.4 is 0 Å². The van der Waals surface area contributed by atoms with E-state index in [0.717, 1.165) is 23.7 Å². The van der Waals surface area contributed by atoms with Crippen LogP contribution in [-0.2, 0) is 0 Å². The average Bonchev–Trinajstić information content (AvgIpc) is 2.55. The van der Waals surface area contributed by atoms with Crippen LogP contribution in [0.1, 0.15) is 118 Å². The Balaban J connectivity index is 2.36. The quantitative estimate of drug-likeness (QED) is 0.342. The molecule has 0 N–H and O–H groups in total. The molecule has 4 atom stereocenters. The second kappa shape index (κ2) is 12.4. The molecule has 0 amide bonds. The first-order chi connectivity index (χ1) is 10.7. The SMILES string of the molecule is CCCC[C@H](CC)C[C@@H]1CCC[C@H](C[C@@H](CC)CCCC)C1. The number of hydrogen-bond donors (Lipinski definition) is 0. The van der Waals surface area contributed by atoms with Gasteiger partial charge in [0.15, 0.2) is 0 Å². The van der Waals surface area contributed by atoms with Crippen LogP contribution in [0.4, 0.5) is 0 Å². The number of hydrogen-bond acceptors (Lipinski definition) is 0. The van der Waals surface area contributed by atoms with Gasteiger partial charge in [0.25, 0.3) is 0 Å². The van der Waals surface area contributed by atoms with E-state index in [4.69, 9.17) is 0 Å². The summed E-state index contributed by atoms with van der Waals surface area (Å²) in [6.45, 7) is 9.51. The van der Waals surface area contributed by atoms with Crippen molar-refractivity contribution in [2.75, 3.05) is 0 Å².